The van der Waals surface area contributed by atoms with Crippen LogP contribution in [0.3, 0.4) is 0 Å². The van der Waals surface area contributed by atoms with Gasteiger partial charge in [-0.2, -0.15) is 0 Å². The fraction of sp³-hybridized carbons (Fsp3) is 0.952. The molecule has 0 aromatic rings. The zero-order valence-corrected chi connectivity index (χ0v) is 69.6. The molecule has 612 valence electrons. The van der Waals surface area contributed by atoms with Gasteiger partial charge in [-0.1, -0.05) is 389 Å². The number of carbonyl (C=O) groups excluding carboxylic acids is 4. The maximum atomic E-state index is 13.1. The molecule has 0 spiro atoms. The molecule has 19 heteroatoms. The largest absolute Gasteiger partial charge is 0.472 e. The molecule has 0 amide bonds. The maximum Gasteiger partial charge on any atom is 0.472 e. The van der Waals surface area contributed by atoms with Crippen LogP contribution < -0.4 is 0 Å². The third-order valence-electron chi connectivity index (χ3n) is 20.0. The van der Waals surface area contributed by atoms with Crippen LogP contribution in [0.4, 0.5) is 0 Å². The molecule has 0 saturated carbocycles. The molecule has 0 heterocycles. The quantitative estimate of drug-likeness (QED) is 0.0222. The van der Waals surface area contributed by atoms with Gasteiger partial charge in [0.05, 0.1) is 26.4 Å². The number of rotatable bonds is 82. The summed E-state index contributed by atoms with van der Waals surface area (Å²) in [7, 11) is -9.92. The number of phosphoric ester groups is 2. The second-order valence-corrected chi connectivity index (χ2v) is 34.3. The fourth-order valence-corrected chi connectivity index (χ4v) is 14.6. The molecule has 0 aliphatic rings. The summed E-state index contributed by atoms with van der Waals surface area (Å²) >= 11 is 0. The summed E-state index contributed by atoms with van der Waals surface area (Å²) < 4.78 is 68.8. The van der Waals surface area contributed by atoms with Crippen molar-refractivity contribution in [3.05, 3.63) is 0 Å². The van der Waals surface area contributed by atoms with Crippen LogP contribution in [0, 0.1) is 17.8 Å². The van der Waals surface area contributed by atoms with Crippen LogP contribution in [-0.2, 0) is 65.4 Å². The fourth-order valence-electron chi connectivity index (χ4n) is 13.0. The van der Waals surface area contributed by atoms with E-state index in [2.05, 4.69) is 48.5 Å². The van der Waals surface area contributed by atoms with Crippen molar-refractivity contribution in [2.24, 2.45) is 17.8 Å². The molecule has 0 aromatic heterocycles. The third-order valence-corrected chi connectivity index (χ3v) is 21.9. The van der Waals surface area contributed by atoms with Gasteiger partial charge in [-0.15, -0.1) is 0 Å². The number of aliphatic hydroxyl groups is 1. The summed E-state index contributed by atoms with van der Waals surface area (Å²) in [5.41, 5.74) is 0. The number of carbonyl (C=O) groups is 4. The van der Waals surface area contributed by atoms with Crippen LogP contribution in [0.2, 0.25) is 0 Å². The van der Waals surface area contributed by atoms with E-state index >= 15 is 0 Å². The van der Waals surface area contributed by atoms with Crippen molar-refractivity contribution in [3.8, 4) is 0 Å². The number of phosphoric acid groups is 2. The summed E-state index contributed by atoms with van der Waals surface area (Å²) in [5.74, 6) is 0.282. The lowest BCUT2D eigenvalue weighted by molar-refractivity contribution is -0.161. The predicted octanol–water partition coefficient (Wildman–Crippen LogP) is 25.3. The monoisotopic (exact) mass is 1510 g/mol. The van der Waals surface area contributed by atoms with Gasteiger partial charge < -0.3 is 33.8 Å². The average molecular weight is 1510 g/mol. The molecule has 3 unspecified atom stereocenters. The van der Waals surface area contributed by atoms with E-state index in [-0.39, 0.29) is 25.7 Å². The van der Waals surface area contributed by atoms with Crippen LogP contribution in [0.1, 0.15) is 440 Å². The summed E-state index contributed by atoms with van der Waals surface area (Å²) in [5, 5.41) is 10.7. The van der Waals surface area contributed by atoms with Gasteiger partial charge >= 0.3 is 39.5 Å². The Labute approximate surface area is 632 Å². The van der Waals surface area contributed by atoms with Gasteiger partial charge in [0.2, 0.25) is 0 Å². The summed E-state index contributed by atoms with van der Waals surface area (Å²) in [6, 6.07) is 0. The van der Waals surface area contributed by atoms with Crippen molar-refractivity contribution in [2.75, 3.05) is 39.6 Å². The molecular weight excluding hydrogens is 1340 g/mol. The van der Waals surface area contributed by atoms with Crippen LogP contribution >= 0.6 is 15.6 Å². The number of esters is 4. The molecule has 0 aliphatic carbocycles. The Morgan fingerprint density at radius 1 is 0.282 bits per heavy atom. The van der Waals surface area contributed by atoms with Crippen LogP contribution in [-0.4, -0.2) is 96.7 Å². The first-order chi connectivity index (χ1) is 49.8. The molecule has 0 aromatic carbocycles. The number of unbranched alkanes of at least 4 members (excludes halogenated alkanes) is 49. The summed E-state index contributed by atoms with van der Waals surface area (Å²) in [6.45, 7) is 12.0. The highest BCUT2D eigenvalue weighted by Crippen LogP contribution is 2.45. The minimum atomic E-state index is -4.96. The van der Waals surface area contributed by atoms with Gasteiger partial charge in [-0.3, -0.25) is 37.3 Å². The second kappa shape index (κ2) is 74.2. The van der Waals surface area contributed by atoms with Gasteiger partial charge in [0, 0.05) is 25.7 Å². The molecule has 17 nitrogen and oxygen atoms in total. The lowest BCUT2D eigenvalue weighted by Crippen LogP contribution is -2.30. The van der Waals surface area contributed by atoms with Crippen molar-refractivity contribution in [2.45, 2.75) is 458 Å². The molecule has 103 heavy (non-hydrogen) atoms. The summed E-state index contributed by atoms with van der Waals surface area (Å²) in [4.78, 5) is 73.1. The first-order valence-electron chi connectivity index (χ1n) is 43.4. The smallest absolute Gasteiger partial charge is 0.462 e. The topological polar surface area (TPSA) is 237 Å². The van der Waals surface area contributed by atoms with E-state index in [4.69, 9.17) is 37.0 Å². The van der Waals surface area contributed by atoms with E-state index in [1.54, 1.807) is 0 Å². The van der Waals surface area contributed by atoms with Crippen molar-refractivity contribution < 1.29 is 80.2 Å². The zero-order valence-electron chi connectivity index (χ0n) is 67.8. The SMILES string of the molecule is CCCCCCCCCCCCCCCCC(=O)O[C@H](COC(=O)CCCCCCCCCCC(C)C)COP(=O)(O)OC[C@H](O)COP(=O)(O)OC[C@@H](COC(=O)CCCCCCCCCCCCCCCC(C)C)OC(=O)CCCCCCCCCCCCCCCCCCCCC(C)CC. The molecule has 0 saturated heterocycles. The Morgan fingerprint density at radius 3 is 0.738 bits per heavy atom. The Bertz CT molecular complexity index is 1990. The molecule has 3 N–H and O–H groups in total. The van der Waals surface area contributed by atoms with Gasteiger partial charge in [0.1, 0.15) is 19.3 Å². The lowest BCUT2D eigenvalue weighted by atomic mass is 9.99. The van der Waals surface area contributed by atoms with E-state index in [1.807, 2.05) is 0 Å². The lowest BCUT2D eigenvalue weighted by Gasteiger charge is -2.21. The van der Waals surface area contributed by atoms with E-state index in [0.29, 0.717) is 25.7 Å². The Hall–Kier alpha value is -1.94. The highest BCUT2D eigenvalue weighted by molar-refractivity contribution is 7.47. The van der Waals surface area contributed by atoms with E-state index in [1.165, 1.54) is 250 Å². The molecular formula is C84H164O17P2. The van der Waals surface area contributed by atoms with Crippen LogP contribution in [0.25, 0.3) is 0 Å². The molecule has 0 bridgehead atoms. The van der Waals surface area contributed by atoms with E-state index in [0.717, 1.165) is 108 Å². The standard InChI is InChI=1S/C84H164O17P2/c1-8-10-11-12-13-14-15-16-26-32-37-46-53-60-67-83(88)101-80(72-95-82(87)66-59-52-45-40-39-42-49-56-63-76(5)6)74-99-103(92,93)97-70-78(85)69-96-102(90,91)98-73-79(71-94-81(86)65-58-51-44-36-31-28-23-24-29-34-41-48-55-62-75(3)4)100-84(89)68-61-54-47-38-33-27-22-20-18-17-19-21-25-30-35-43-50-57-64-77(7)9-2/h75-80,85H,8-74H2,1-7H3,(H,90,91)(H,92,93)/t77?,78-,79-,80-/m1/s1. The van der Waals surface area contributed by atoms with Crippen LogP contribution in [0.5, 0.6) is 0 Å². The van der Waals surface area contributed by atoms with Crippen LogP contribution in [0.15, 0.2) is 0 Å². The minimum Gasteiger partial charge on any atom is -0.462 e. The number of ether oxygens (including phenoxy) is 4. The highest BCUT2D eigenvalue weighted by atomic mass is 31.2. The number of hydrogen-bond acceptors (Lipinski definition) is 15. The van der Waals surface area contributed by atoms with Crippen molar-refractivity contribution in [1.29, 1.82) is 0 Å². The molecule has 0 rings (SSSR count). The highest BCUT2D eigenvalue weighted by Gasteiger charge is 2.30. The normalized spacial score (nSPS) is 14.2. The maximum absolute atomic E-state index is 13.1. The Kier molecular flexibility index (Phi) is 72.8. The first kappa shape index (κ1) is 101. The predicted molar refractivity (Wildman–Crippen MR) is 423 cm³/mol. The second-order valence-electron chi connectivity index (χ2n) is 31.4. The number of aliphatic hydroxyl groups excluding tert-OH is 1. The molecule has 0 aliphatic heterocycles. The first-order valence-corrected chi connectivity index (χ1v) is 46.4. The van der Waals surface area contributed by atoms with E-state index in [9.17, 15) is 43.2 Å². The minimum absolute atomic E-state index is 0.107. The van der Waals surface area contributed by atoms with E-state index < -0.39 is 97.5 Å². The average Bonchev–Trinajstić information content (AvgIpc) is 0.929. The molecule has 6 atom stereocenters. The van der Waals surface area contributed by atoms with Gasteiger partial charge in [-0.25, -0.2) is 9.13 Å². The Morgan fingerprint density at radius 2 is 0.495 bits per heavy atom. The van der Waals surface area contributed by atoms with Gasteiger partial charge in [-0.05, 0) is 43.4 Å². The number of hydrogen-bond donors (Lipinski definition) is 3. The van der Waals surface area contributed by atoms with Crippen molar-refractivity contribution in [3.63, 3.8) is 0 Å². The summed E-state index contributed by atoms with van der Waals surface area (Å²) in [6.07, 6.45) is 63.8. The van der Waals surface area contributed by atoms with Gasteiger partial charge in [0.25, 0.3) is 0 Å². The van der Waals surface area contributed by atoms with Crippen molar-refractivity contribution >= 4 is 39.5 Å². The Balaban J connectivity index is 5.23. The molecule has 0 radical (unpaired) electrons. The zero-order chi connectivity index (χ0) is 75.8. The van der Waals surface area contributed by atoms with Gasteiger partial charge in [0.15, 0.2) is 12.2 Å². The third kappa shape index (κ3) is 76.6. The van der Waals surface area contributed by atoms with Crippen molar-refractivity contribution in [1.82, 2.24) is 0 Å². The molecule has 0 fully saturated rings.